The molecule has 0 aliphatic heterocycles. The van der Waals surface area contributed by atoms with Crippen molar-refractivity contribution in [3.63, 3.8) is 0 Å². The fourth-order valence-corrected chi connectivity index (χ4v) is 2.84. The number of aromatic nitrogens is 2. The zero-order chi connectivity index (χ0) is 21.5. The minimum absolute atomic E-state index is 0.138. The van der Waals surface area contributed by atoms with Gasteiger partial charge in [-0.05, 0) is 30.2 Å². The number of anilines is 2. The Kier molecular flexibility index (Phi) is 6.59. The predicted octanol–water partition coefficient (Wildman–Crippen LogP) is 3.03. The molecule has 2 N–H and O–H groups in total. The second-order valence-electron chi connectivity index (χ2n) is 6.60. The maximum Gasteiger partial charge on any atom is 0.337 e. The van der Waals surface area contributed by atoms with Crippen LogP contribution in [-0.4, -0.2) is 34.7 Å². The van der Waals surface area contributed by atoms with Gasteiger partial charge < -0.3 is 15.4 Å². The molecule has 154 valence electrons. The summed E-state index contributed by atoms with van der Waals surface area (Å²) in [6.07, 6.45) is 0.936. The highest BCUT2D eigenvalue weighted by atomic mass is 16.5. The van der Waals surface area contributed by atoms with E-state index in [2.05, 4.69) is 20.5 Å². The summed E-state index contributed by atoms with van der Waals surface area (Å²) >= 11 is 0. The van der Waals surface area contributed by atoms with E-state index in [1.165, 1.54) is 23.9 Å². The maximum absolute atomic E-state index is 12.5. The Morgan fingerprint density at radius 1 is 1.00 bits per heavy atom. The lowest BCUT2D eigenvalue weighted by molar-refractivity contribution is -0.116. The lowest BCUT2D eigenvalue weighted by Crippen LogP contribution is -2.14. The number of methoxy groups -OCH3 is 1. The Balaban J connectivity index is 1.61. The largest absolute Gasteiger partial charge is 0.465 e. The molecule has 0 saturated carbocycles. The average Bonchev–Trinajstić information content (AvgIpc) is 3.13. The van der Waals surface area contributed by atoms with Crippen molar-refractivity contribution in [1.82, 2.24) is 9.78 Å². The first-order valence-electron chi connectivity index (χ1n) is 9.34. The highest BCUT2D eigenvalue weighted by molar-refractivity contribution is 6.04. The van der Waals surface area contributed by atoms with Gasteiger partial charge in [-0.25, -0.2) is 4.79 Å². The molecule has 1 heterocycles. The van der Waals surface area contributed by atoms with Gasteiger partial charge in [0.1, 0.15) is 5.82 Å². The third-order valence-corrected chi connectivity index (χ3v) is 4.41. The van der Waals surface area contributed by atoms with Crippen molar-refractivity contribution in [3.05, 3.63) is 77.5 Å². The van der Waals surface area contributed by atoms with Crippen LogP contribution in [0.3, 0.4) is 0 Å². The van der Waals surface area contributed by atoms with Gasteiger partial charge in [0.2, 0.25) is 5.91 Å². The molecule has 0 bridgehead atoms. The van der Waals surface area contributed by atoms with E-state index >= 15 is 0 Å². The molecule has 0 atom stereocenters. The topological polar surface area (TPSA) is 102 Å². The number of carbonyl (C=O) groups is 3. The summed E-state index contributed by atoms with van der Waals surface area (Å²) in [7, 11) is 2.93. The van der Waals surface area contributed by atoms with Crippen LogP contribution in [0.25, 0.3) is 0 Å². The van der Waals surface area contributed by atoms with Crippen molar-refractivity contribution in [1.29, 1.82) is 0 Å². The van der Waals surface area contributed by atoms with Gasteiger partial charge >= 0.3 is 5.97 Å². The molecule has 0 spiro atoms. The Morgan fingerprint density at radius 3 is 2.50 bits per heavy atom. The number of carbonyl (C=O) groups excluding carboxylic acids is 3. The highest BCUT2D eigenvalue weighted by Crippen LogP contribution is 2.15. The molecule has 0 saturated heterocycles. The van der Waals surface area contributed by atoms with Gasteiger partial charge in [-0.2, -0.15) is 5.10 Å². The Bertz CT molecular complexity index is 1060. The van der Waals surface area contributed by atoms with Crippen molar-refractivity contribution in [2.24, 2.45) is 7.05 Å². The fourth-order valence-electron chi connectivity index (χ4n) is 2.84. The molecule has 8 nitrogen and oxygen atoms in total. The molecular weight excluding hydrogens is 384 g/mol. The van der Waals surface area contributed by atoms with E-state index in [4.69, 9.17) is 0 Å². The zero-order valence-corrected chi connectivity index (χ0v) is 16.7. The highest BCUT2D eigenvalue weighted by Gasteiger charge is 2.15. The number of ether oxygens (including phenoxy) is 1. The van der Waals surface area contributed by atoms with Gasteiger partial charge in [0.15, 0.2) is 5.69 Å². The van der Waals surface area contributed by atoms with Crippen molar-refractivity contribution in [2.45, 2.75) is 12.8 Å². The van der Waals surface area contributed by atoms with E-state index in [-0.39, 0.29) is 11.6 Å². The minimum Gasteiger partial charge on any atom is -0.465 e. The zero-order valence-electron chi connectivity index (χ0n) is 16.7. The van der Waals surface area contributed by atoms with Crippen molar-refractivity contribution < 1.29 is 19.1 Å². The smallest absolute Gasteiger partial charge is 0.337 e. The molecule has 0 fully saturated rings. The summed E-state index contributed by atoms with van der Waals surface area (Å²) in [5.74, 6) is -0.706. The molecule has 0 aliphatic rings. The molecule has 8 heteroatoms. The Morgan fingerprint density at radius 2 is 1.77 bits per heavy atom. The van der Waals surface area contributed by atoms with Crippen molar-refractivity contribution in [2.75, 3.05) is 17.7 Å². The molecule has 1 aromatic heterocycles. The van der Waals surface area contributed by atoms with E-state index in [0.717, 1.165) is 5.56 Å². The van der Waals surface area contributed by atoms with Crippen LogP contribution in [0, 0.1) is 0 Å². The molecule has 0 radical (unpaired) electrons. The predicted molar refractivity (Wildman–Crippen MR) is 112 cm³/mol. The van der Waals surface area contributed by atoms with Gasteiger partial charge in [0.25, 0.3) is 5.91 Å². The van der Waals surface area contributed by atoms with Gasteiger partial charge in [0, 0.05) is 25.2 Å². The van der Waals surface area contributed by atoms with Crippen molar-refractivity contribution in [3.8, 4) is 0 Å². The Hall–Kier alpha value is -3.94. The normalized spacial score (nSPS) is 10.3. The lowest BCUT2D eigenvalue weighted by atomic mass is 10.1. The summed E-state index contributed by atoms with van der Waals surface area (Å²) in [6, 6.07) is 17.6. The number of nitrogens with one attached hydrogen (secondary N) is 2. The summed E-state index contributed by atoms with van der Waals surface area (Å²) in [5.41, 5.74) is 1.97. The minimum atomic E-state index is -0.496. The van der Waals surface area contributed by atoms with Gasteiger partial charge in [-0.1, -0.05) is 36.4 Å². The van der Waals surface area contributed by atoms with E-state index in [1.807, 2.05) is 30.3 Å². The molecule has 2 aromatic carbocycles. The van der Waals surface area contributed by atoms with Crippen LogP contribution >= 0.6 is 0 Å². The second kappa shape index (κ2) is 9.51. The third kappa shape index (κ3) is 5.32. The molecule has 0 unspecified atom stereocenters. The molecule has 3 aromatic rings. The number of aryl methyl sites for hydroxylation is 2. The third-order valence-electron chi connectivity index (χ3n) is 4.41. The first kappa shape index (κ1) is 20.8. The van der Waals surface area contributed by atoms with Crippen LogP contribution in [0.4, 0.5) is 11.5 Å². The summed E-state index contributed by atoms with van der Waals surface area (Å²) in [5, 5.41) is 9.60. The average molecular weight is 406 g/mol. The maximum atomic E-state index is 12.5. The molecule has 3 rings (SSSR count). The van der Waals surface area contributed by atoms with Crippen molar-refractivity contribution >= 4 is 29.3 Å². The van der Waals surface area contributed by atoms with E-state index in [9.17, 15) is 14.4 Å². The summed E-state index contributed by atoms with van der Waals surface area (Å²) in [6.45, 7) is 0. The van der Waals surface area contributed by atoms with Gasteiger partial charge in [-0.3, -0.25) is 14.3 Å². The number of esters is 1. The monoisotopic (exact) mass is 406 g/mol. The van der Waals surface area contributed by atoms with Gasteiger partial charge in [-0.15, -0.1) is 0 Å². The molecule has 30 heavy (non-hydrogen) atoms. The first-order valence-corrected chi connectivity index (χ1v) is 9.34. The fraction of sp³-hybridized carbons (Fsp3) is 0.182. The van der Waals surface area contributed by atoms with Crippen LogP contribution in [0.1, 0.15) is 32.8 Å². The number of hydrogen-bond donors (Lipinski definition) is 2. The Labute approximate surface area is 173 Å². The number of rotatable bonds is 7. The van der Waals surface area contributed by atoms with Crippen LogP contribution < -0.4 is 10.6 Å². The SMILES string of the molecule is COC(=O)c1cccc(NC(=O)c2cc(NC(=O)CCc3ccccc3)n(C)n2)c1. The van der Waals surface area contributed by atoms with E-state index < -0.39 is 11.9 Å². The first-order chi connectivity index (χ1) is 14.5. The number of hydrogen-bond acceptors (Lipinski definition) is 5. The standard InChI is InChI=1S/C22H22N4O4/c1-26-19(24-20(27)12-11-15-7-4-3-5-8-15)14-18(25-26)21(28)23-17-10-6-9-16(13-17)22(29)30-2/h3-10,13-14H,11-12H2,1-2H3,(H,23,28)(H,24,27). The summed E-state index contributed by atoms with van der Waals surface area (Å²) < 4.78 is 6.11. The van der Waals surface area contributed by atoms with Crippen LogP contribution in [-0.2, 0) is 23.0 Å². The second-order valence-corrected chi connectivity index (χ2v) is 6.60. The quantitative estimate of drug-likeness (QED) is 0.587. The van der Waals surface area contributed by atoms with Crippen LogP contribution in [0.5, 0.6) is 0 Å². The van der Waals surface area contributed by atoms with Crippen LogP contribution in [0.2, 0.25) is 0 Å². The number of nitrogens with zero attached hydrogens (tertiary/aromatic N) is 2. The number of benzene rings is 2. The molecular formula is C22H22N4O4. The number of amides is 2. The van der Waals surface area contributed by atoms with E-state index in [1.54, 1.807) is 25.2 Å². The van der Waals surface area contributed by atoms with Crippen LogP contribution in [0.15, 0.2) is 60.7 Å². The van der Waals surface area contributed by atoms with E-state index in [0.29, 0.717) is 29.9 Å². The summed E-state index contributed by atoms with van der Waals surface area (Å²) in [4.78, 5) is 36.4. The van der Waals surface area contributed by atoms with Gasteiger partial charge in [0.05, 0.1) is 12.7 Å². The molecule has 2 amide bonds. The molecule has 0 aliphatic carbocycles. The lowest BCUT2D eigenvalue weighted by Gasteiger charge is -2.05.